The van der Waals surface area contributed by atoms with Crippen molar-refractivity contribution in [3.05, 3.63) is 83.9 Å². The third-order valence-corrected chi connectivity index (χ3v) is 5.23. The highest BCUT2D eigenvalue weighted by molar-refractivity contribution is 7.90. The van der Waals surface area contributed by atoms with Gasteiger partial charge in [-0.15, -0.1) is 0 Å². The first-order valence-corrected chi connectivity index (χ1v) is 9.91. The van der Waals surface area contributed by atoms with E-state index >= 15 is 0 Å². The second-order valence-electron chi connectivity index (χ2n) is 5.86. The van der Waals surface area contributed by atoms with E-state index in [-0.39, 0.29) is 22.8 Å². The van der Waals surface area contributed by atoms with Gasteiger partial charge >= 0.3 is 0 Å². The molecule has 29 heavy (non-hydrogen) atoms. The number of hydrogen-bond donors (Lipinski definition) is 1. The van der Waals surface area contributed by atoms with E-state index in [1.807, 2.05) is 10.8 Å². The molecule has 0 fully saturated rings. The van der Waals surface area contributed by atoms with Crippen LogP contribution in [0.2, 0.25) is 0 Å². The number of benzene rings is 2. The highest BCUT2D eigenvalue weighted by atomic mass is 32.2. The van der Waals surface area contributed by atoms with Crippen LogP contribution >= 0.6 is 0 Å². The number of amides is 1. The van der Waals surface area contributed by atoms with E-state index in [0.717, 1.165) is 24.3 Å². The van der Waals surface area contributed by atoms with Crippen molar-refractivity contribution in [3.8, 4) is 11.5 Å². The molecule has 0 saturated carbocycles. The monoisotopic (exact) mass is 416 g/mol. The maximum absolute atomic E-state index is 13.0. The quantitative estimate of drug-likeness (QED) is 0.636. The number of carbonyl (C=O) groups is 1. The minimum absolute atomic E-state index is 0.0534. The molecule has 0 aliphatic carbocycles. The summed E-state index contributed by atoms with van der Waals surface area (Å²) in [6.45, 7) is 0.196. The SMILES string of the molecule is COc1cc(C(=O)NS(=O)(=O)c2ccc(F)cc2)ccc1OCc1ccccn1. The number of ether oxygens (including phenoxy) is 2. The lowest BCUT2D eigenvalue weighted by molar-refractivity contribution is 0.0981. The maximum atomic E-state index is 13.0. The number of methoxy groups -OCH3 is 1. The van der Waals surface area contributed by atoms with Crippen LogP contribution in [0.3, 0.4) is 0 Å². The molecule has 0 unspecified atom stereocenters. The van der Waals surface area contributed by atoms with E-state index in [2.05, 4.69) is 4.98 Å². The van der Waals surface area contributed by atoms with Crippen LogP contribution in [0, 0.1) is 5.82 Å². The highest BCUT2D eigenvalue weighted by Crippen LogP contribution is 2.29. The van der Waals surface area contributed by atoms with Crippen LogP contribution in [0.5, 0.6) is 11.5 Å². The van der Waals surface area contributed by atoms with Gasteiger partial charge < -0.3 is 9.47 Å². The molecule has 2 aromatic carbocycles. The molecule has 3 rings (SSSR count). The lowest BCUT2D eigenvalue weighted by Crippen LogP contribution is -2.30. The largest absolute Gasteiger partial charge is 0.493 e. The Hall–Kier alpha value is -3.46. The number of sulfonamides is 1. The van der Waals surface area contributed by atoms with Crippen molar-refractivity contribution in [3.63, 3.8) is 0 Å². The van der Waals surface area contributed by atoms with Crippen LogP contribution in [0.1, 0.15) is 16.1 Å². The lowest BCUT2D eigenvalue weighted by Gasteiger charge is -2.12. The molecule has 0 aliphatic heterocycles. The summed E-state index contributed by atoms with van der Waals surface area (Å²) in [4.78, 5) is 16.3. The summed E-state index contributed by atoms with van der Waals surface area (Å²) in [5.41, 5.74) is 0.763. The van der Waals surface area contributed by atoms with Crippen LogP contribution in [0.15, 0.2) is 71.8 Å². The molecule has 0 radical (unpaired) electrons. The number of halogens is 1. The minimum atomic E-state index is -4.15. The van der Waals surface area contributed by atoms with Crippen molar-refractivity contribution in [2.45, 2.75) is 11.5 Å². The average molecular weight is 416 g/mol. The zero-order valence-corrected chi connectivity index (χ0v) is 16.1. The van der Waals surface area contributed by atoms with Gasteiger partial charge in [-0.3, -0.25) is 9.78 Å². The number of aromatic nitrogens is 1. The van der Waals surface area contributed by atoms with Crippen molar-refractivity contribution in [2.24, 2.45) is 0 Å². The molecule has 1 heterocycles. The Morgan fingerprint density at radius 1 is 1.07 bits per heavy atom. The Labute approximate surface area is 167 Å². The maximum Gasteiger partial charge on any atom is 0.265 e. The van der Waals surface area contributed by atoms with Gasteiger partial charge in [-0.1, -0.05) is 6.07 Å². The molecular formula is C20H17FN2O5S. The van der Waals surface area contributed by atoms with Crippen molar-refractivity contribution in [1.29, 1.82) is 0 Å². The van der Waals surface area contributed by atoms with Gasteiger partial charge in [0.2, 0.25) is 0 Å². The molecule has 0 spiro atoms. The summed E-state index contributed by atoms with van der Waals surface area (Å²) in [6.07, 6.45) is 1.64. The Kier molecular flexibility index (Phi) is 6.08. The van der Waals surface area contributed by atoms with E-state index in [0.29, 0.717) is 11.4 Å². The Morgan fingerprint density at radius 2 is 1.83 bits per heavy atom. The molecule has 0 aliphatic rings. The fraction of sp³-hybridized carbons (Fsp3) is 0.100. The first-order chi connectivity index (χ1) is 13.9. The smallest absolute Gasteiger partial charge is 0.265 e. The van der Waals surface area contributed by atoms with Gasteiger partial charge in [0.05, 0.1) is 17.7 Å². The molecule has 150 valence electrons. The van der Waals surface area contributed by atoms with Gasteiger partial charge in [0.25, 0.3) is 15.9 Å². The number of rotatable bonds is 7. The van der Waals surface area contributed by atoms with Gasteiger partial charge in [0.1, 0.15) is 12.4 Å². The Balaban J connectivity index is 1.74. The average Bonchev–Trinajstić information content (AvgIpc) is 2.73. The van der Waals surface area contributed by atoms with E-state index in [9.17, 15) is 17.6 Å². The second-order valence-corrected chi connectivity index (χ2v) is 7.55. The lowest BCUT2D eigenvalue weighted by atomic mass is 10.2. The molecule has 9 heteroatoms. The number of hydrogen-bond acceptors (Lipinski definition) is 6. The van der Waals surface area contributed by atoms with Crippen molar-refractivity contribution < 1.29 is 27.1 Å². The fourth-order valence-corrected chi connectivity index (χ4v) is 3.39. The van der Waals surface area contributed by atoms with Crippen LogP contribution in [-0.2, 0) is 16.6 Å². The summed E-state index contributed by atoms with van der Waals surface area (Å²) >= 11 is 0. The Bertz CT molecular complexity index is 1100. The van der Waals surface area contributed by atoms with Gasteiger partial charge in [-0.25, -0.2) is 17.5 Å². The van der Waals surface area contributed by atoms with Crippen molar-refractivity contribution in [1.82, 2.24) is 9.71 Å². The summed E-state index contributed by atoms with van der Waals surface area (Å²) < 4.78 is 50.4. The van der Waals surface area contributed by atoms with Crippen LogP contribution < -0.4 is 14.2 Å². The molecule has 0 atom stereocenters. The van der Waals surface area contributed by atoms with Crippen molar-refractivity contribution in [2.75, 3.05) is 7.11 Å². The summed E-state index contributed by atoms with van der Waals surface area (Å²) in [5, 5.41) is 0. The van der Waals surface area contributed by atoms with E-state index in [4.69, 9.17) is 9.47 Å². The van der Waals surface area contributed by atoms with Gasteiger partial charge in [0, 0.05) is 11.8 Å². The molecular weight excluding hydrogens is 399 g/mol. The first-order valence-electron chi connectivity index (χ1n) is 8.42. The Morgan fingerprint density at radius 3 is 2.48 bits per heavy atom. The standard InChI is InChI=1S/C20H17FN2O5S/c1-27-19-12-14(5-10-18(19)28-13-16-4-2-3-11-22-16)20(24)23-29(25,26)17-8-6-15(21)7-9-17/h2-12H,13H2,1H3,(H,23,24). The molecule has 7 nitrogen and oxygen atoms in total. The number of pyridine rings is 1. The van der Waals surface area contributed by atoms with Crippen LogP contribution in [-0.4, -0.2) is 26.4 Å². The van der Waals surface area contributed by atoms with E-state index in [1.165, 1.54) is 25.3 Å². The van der Waals surface area contributed by atoms with Gasteiger partial charge in [-0.05, 0) is 54.6 Å². The van der Waals surface area contributed by atoms with E-state index in [1.54, 1.807) is 18.3 Å². The second kappa shape index (κ2) is 8.70. The highest BCUT2D eigenvalue weighted by Gasteiger charge is 2.20. The minimum Gasteiger partial charge on any atom is -0.493 e. The predicted molar refractivity (Wildman–Crippen MR) is 103 cm³/mol. The molecule has 1 amide bonds. The predicted octanol–water partition coefficient (Wildman–Crippen LogP) is 2.93. The fourth-order valence-electron chi connectivity index (χ4n) is 2.42. The molecule has 0 saturated heterocycles. The first kappa shape index (κ1) is 20.3. The normalized spacial score (nSPS) is 11.0. The molecule has 1 aromatic heterocycles. The summed E-state index contributed by atoms with van der Waals surface area (Å²) in [7, 11) is -2.74. The number of nitrogens with one attached hydrogen (secondary N) is 1. The van der Waals surface area contributed by atoms with Gasteiger partial charge in [0.15, 0.2) is 11.5 Å². The van der Waals surface area contributed by atoms with Crippen molar-refractivity contribution >= 4 is 15.9 Å². The topological polar surface area (TPSA) is 94.6 Å². The van der Waals surface area contributed by atoms with Crippen LogP contribution in [0.25, 0.3) is 0 Å². The number of nitrogens with zero attached hydrogens (tertiary/aromatic N) is 1. The third-order valence-electron chi connectivity index (χ3n) is 3.88. The zero-order chi connectivity index (χ0) is 20.9. The molecule has 1 N–H and O–H groups in total. The third kappa shape index (κ3) is 5.08. The van der Waals surface area contributed by atoms with Crippen LogP contribution in [0.4, 0.5) is 4.39 Å². The zero-order valence-electron chi connectivity index (χ0n) is 15.3. The number of carbonyl (C=O) groups excluding carboxylic acids is 1. The van der Waals surface area contributed by atoms with E-state index < -0.39 is 21.7 Å². The molecule has 3 aromatic rings. The molecule has 0 bridgehead atoms. The summed E-state index contributed by atoms with van der Waals surface area (Å²) in [5.74, 6) is -0.811. The van der Waals surface area contributed by atoms with Gasteiger partial charge in [-0.2, -0.15) is 0 Å². The summed E-state index contributed by atoms with van der Waals surface area (Å²) in [6, 6.07) is 13.8.